The van der Waals surface area contributed by atoms with Gasteiger partial charge in [-0.25, -0.2) is 8.78 Å². The normalized spacial score (nSPS) is 10.3. The van der Waals surface area contributed by atoms with Crippen LogP contribution in [-0.2, 0) is 0 Å². The Balaban J connectivity index is 2.59. The molecule has 0 aliphatic heterocycles. The van der Waals surface area contributed by atoms with Gasteiger partial charge in [-0.2, -0.15) is 0 Å². The molecule has 2 rings (SSSR count). The van der Waals surface area contributed by atoms with Gasteiger partial charge in [0.25, 0.3) is 0 Å². The Morgan fingerprint density at radius 2 is 2.08 bits per heavy atom. The smallest absolute Gasteiger partial charge is 0.167 e. The van der Waals surface area contributed by atoms with E-state index in [4.69, 9.17) is 0 Å². The standard InChI is InChI=1S/C10H5F2S/c11-8-4-1-3-7(10(8)12)9-5-2-6-13-9/h1,3-6H. The summed E-state index contributed by atoms with van der Waals surface area (Å²) in [6, 6.07) is 8.60. The third kappa shape index (κ3) is 1.47. The average Bonchev–Trinajstić information content (AvgIpc) is 2.62. The number of hydrogen-bond donors (Lipinski definition) is 0. The molecular formula is C10H5F2S. The van der Waals surface area contributed by atoms with Crippen LogP contribution in [0.1, 0.15) is 0 Å². The molecule has 0 amide bonds. The summed E-state index contributed by atoms with van der Waals surface area (Å²) in [5.41, 5.74) is 0.297. The lowest BCUT2D eigenvalue weighted by atomic mass is 10.2. The lowest BCUT2D eigenvalue weighted by molar-refractivity contribution is 0.511. The van der Waals surface area contributed by atoms with Crippen molar-refractivity contribution >= 4 is 11.3 Å². The van der Waals surface area contributed by atoms with Crippen LogP contribution in [0.2, 0.25) is 0 Å². The molecule has 3 heteroatoms. The number of rotatable bonds is 1. The highest BCUT2D eigenvalue weighted by Gasteiger charge is 2.09. The molecule has 65 valence electrons. The molecule has 0 N–H and O–H groups in total. The van der Waals surface area contributed by atoms with Gasteiger partial charge in [0, 0.05) is 10.4 Å². The molecule has 1 heterocycles. The zero-order valence-corrected chi connectivity index (χ0v) is 7.37. The molecule has 0 saturated heterocycles. The summed E-state index contributed by atoms with van der Waals surface area (Å²) in [7, 11) is 0. The van der Waals surface area contributed by atoms with Crippen LogP contribution in [-0.4, -0.2) is 0 Å². The van der Waals surface area contributed by atoms with Crippen LogP contribution in [0.5, 0.6) is 0 Å². The van der Waals surface area contributed by atoms with Crippen molar-refractivity contribution in [2.24, 2.45) is 0 Å². The average molecular weight is 195 g/mol. The van der Waals surface area contributed by atoms with Crippen molar-refractivity contribution in [3.8, 4) is 10.4 Å². The van der Waals surface area contributed by atoms with Crippen molar-refractivity contribution in [3.63, 3.8) is 0 Å². The van der Waals surface area contributed by atoms with Crippen LogP contribution in [0.25, 0.3) is 10.4 Å². The Hall–Kier alpha value is -1.22. The fourth-order valence-electron chi connectivity index (χ4n) is 1.08. The molecule has 0 aliphatic carbocycles. The lowest BCUT2D eigenvalue weighted by Crippen LogP contribution is -1.86. The summed E-state index contributed by atoms with van der Waals surface area (Å²) in [4.78, 5) is 0.692. The first-order valence-electron chi connectivity index (χ1n) is 3.68. The van der Waals surface area contributed by atoms with Gasteiger partial charge in [-0.3, -0.25) is 0 Å². The quantitative estimate of drug-likeness (QED) is 0.653. The van der Waals surface area contributed by atoms with Crippen molar-refractivity contribution in [2.75, 3.05) is 0 Å². The summed E-state index contributed by atoms with van der Waals surface area (Å²) in [5, 5.41) is 1.71. The topological polar surface area (TPSA) is 0 Å². The fourth-order valence-corrected chi connectivity index (χ4v) is 1.76. The van der Waals surface area contributed by atoms with E-state index in [1.807, 2.05) is 0 Å². The zero-order chi connectivity index (χ0) is 9.26. The van der Waals surface area contributed by atoms with Crippen LogP contribution >= 0.6 is 11.3 Å². The molecule has 1 radical (unpaired) electrons. The van der Waals surface area contributed by atoms with Crippen molar-refractivity contribution in [2.45, 2.75) is 0 Å². The first-order chi connectivity index (χ1) is 6.29. The molecule has 0 saturated carbocycles. The molecule has 13 heavy (non-hydrogen) atoms. The van der Waals surface area contributed by atoms with Gasteiger partial charge in [-0.1, -0.05) is 12.1 Å². The van der Waals surface area contributed by atoms with Gasteiger partial charge in [0.2, 0.25) is 0 Å². The van der Waals surface area contributed by atoms with Crippen molar-refractivity contribution in [1.82, 2.24) is 0 Å². The van der Waals surface area contributed by atoms with E-state index in [0.29, 0.717) is 10.4 Å². The van der Waals surface area contributed by atoms with Gasteiger partial charge < -0.3 is 0 Å². The van der Waals surface area contributed by atoms with Crippen LogP contribution in [0.15, 0.2) is 29.6 Å². The summed E-state index contributed by atoms with van der Waals surface area (Å²) < 4.78 is 26.0. The lowest BCUT2D eigenvalue weighted by Gasteiger charge is -1.99. The predicted molar refractivity (Wildman–Crippen MR) is 48.5 cm³/mol. The van der Waals surface area contributed by atoms with Gasteiger partial charge >= 0.3 is 0 Å². The van der Waals surface area contributed by atoms with Crippen molar-refractivity contribution in [3.05, 3.63) is 47.3 Å². The van der Waals surface area contributed by atoms with Gasteiger partial charge in [-0.05, 0) is 23.6 Å². The minimum atomic E-state index is -0.814. The number of halogens is 2. The maximum Gasteiger partial charge on any atom is 0.167 e. The SMILES string of the molecule is Fc1cccc(-c2c[c]cs2)c1F. The fraction of sp³-hybridized carbons (Fsp3) is 0. The van der Waals surface area contributed by atoms with E-state index in [9.17, 15) is 8.78 Å². The van der Waals surface area contributed by atoms with Crippen molar-refractivity contribution < 1.29 is 8.78 Å². The second-order valence-corrected chi connectivity index (χ2v) is 3.42. The number of thiophene rings is 1. The Labute approximate surface area is 78.5 Å². The first kappa shape index (κ1) is 8.38. The Morgan fingerprint density at radius 3 is 2.77 bits per heavy atom. The molecule has 0 nitrogen and oxygen atoms in total. The van der Waals surface area contributed by atoms with E-state index in [2.05, 4.69) is 6.07 Å². The van der Waals surface area contributed by atoms with E-state index in [1.54, 1.807) is 17.5 Å². The molecule has 0 atom stereocenters. The molecule has 0 fully saturated rings. The van der Waals surface area contributed by atoms with Gasteiger partial charge in [0.1, 0.15) is 0 Å². The van der Waals surface area contributed by atoms with E-state index in [0.717, 1.165) is 6.07 Å². The Bertz CT molecular complexity index is 407. The van der Waals surface area contributed by atoms with Crippen LogP contribution in [0, 0.1) is 17.7 Å². The summed E-state index contributed by atoms with van der Waals surface area (Å²) in [6.45, 7) is 0. The first-order valence-corrected chi connectivity index (χ1v) is 4.56. The molecule has 1 aromatic heterocycles. The summed E-state index contributed by atoms with van der Waals surface area (Å²) >= 11 is 1.34. The third-order valence-electron chi connectivity index (χ3n) is 1.69. The Kier molecular flexibility index (Phi) is 2.10. The van der Waals surface area contributed by atoms with E-state index in [-0.39, 0.29) is 0 Å². The highest BCUT2D eigenvalue weighted by atomic mass is 32.1. The molecule has 0 bridgehead atoms. The van der Waals surface area contributed by atoms with E-state index in [1.165, 1.54) is 17.4 Å². The van der Waals surface area contributed by atoms with Crippen LogP contribution in [0.4, 0.5) is 8.78 Å². The van der Waals surface area contributed by atoms with Gasteiger partial charge in [-0.15, -0.1) is 11.3 Å². The number of benzene rings is 1. The molecule has 1 aromatic carbocycles. The number of hydrogen-bond acceptors (Lipinski definition) is 1. The molecule has 0 spiro atoms. The maximum atomic E-state index is 13.2. The highest BCUT2D eigenvalue weighted by molar-refractivity contribution is 7.13. The molecule has 2 aromatic rings. The largest absolute Gasteiger partial charge is 0.204 e. The Morgan fingerprint density at radius 1 is 1.23 bits per heavy atom. The van der Waals surface area contributed by atoms with E-state index < -0.39 is 11.6 Å². The molecular weight excluding hydrogens is 190 g/mol. The second-order valence-electron chi connectivity index (χ2n) is 2.51. The molecule has 0 unspecified atom stereocenters. The summed E-state index contributed by atoms with van der Waals surface area (Å²) in [6.07, 6.45) is 0. The maximum absolute atomic E-state index is 13.2. The monoisotopic (exact) mass is 195 g/mol. The second kappa shape index (κ2) is 3.26. The third-order valence-corrected chi connectivity index (χ3v) is 2.53. The predicted octanol–water partition coefficient (Wildman–Crippen LogP) is 3.49. The van der Waals surface area contributed by atoms with Crippen LogP contribution in [0.3, 0.4) is 0 Å². The zero-order valence-electron chi connectivity index (χ0n) is 6.55. The van der Waals surface area contributed by atoms with Gasteiger partial charge in [0.05, 0.1) is 0 Å². The minimum absolute atomic E-state index is 0.297. The highest BCUT2D eigenvalue weighted by Crippen LogP contribution is 2.27. The van der Waals surface area contributed by atoms with E-state index >= 15 is 0 Å². The van der Waals surface area contributed by atoms with Crippen molar-refractivity contribution in [1.29, 1.82) is 0 Å². The summed E-state index contributed by atoms with van der Waals surface area (Å²) in [5.74, 6) is -1.61. The molecule has 0 aliphatic rings. The van der Waals surface area contributed by atoms with Crippen LogP contribution < -0.4 is 0 Å². The minimum Gasteiger partial charge on any atom is -0.204 e. The van der Waals surface area contributed by atoms with Gasteiger partial charge in [0.15, 0.2) is 11.6 Å².